The van der Waals surface area contributed by atoms with Crippen molar-refractivity contribution in [2.24, 2.45) is 0 Å². The highest BCUT2D eigenvalue weighted by atomic mass is 35.5. The summed E-state index contributed by atoms with van der Waals surface area (Å²) in [6, 6.07) is 10.5. The topological polar surface area (TPSA) is 56.0 Å². The number of hydrogen-bond donors (Lipinski definition) is 3. The summed E-state index contributed by atoms with van der Waals surface area (Å²) in [6.45, 7) is 3.40. The number of H-pyrrole nitrogens is 1. The van der Waals surface area contributed by atoms with Gasteiger partial charge in [-0.3, -0.25) is 9.88 Å². The lowest BCUT2D eigenvalue weighted by molar-refractivity contribution is 0.221. The Kier molecular flexibility index (Phi) is 5.00. The Morgan fingerprint density at radius 3 is 2.69 bits per heavy atom. The second-order valence-electron chi connectivity index (χ2n) is 7.69. The summed E-state index contributed by atoms with van der Waals surface area (Å²) in [6.07, 6.45) is 11.6. The Labute approximate surface area is 175 Å². The van der Waals surface area contributed by atoms with Crippen LogP contribution < -0.4 is 10.9 Å². The third-order valence-corrected chi connectivity index (χ3v) is 6.06. The zero-order valence-corrected chi connectivity index (χ0v) is 17.0. The molecule has 1 saturated heterocycles. The van der Waals surface area contributed by atoms with Crippen LogP contribution in [0.2, 0.25) is 5.02 Å². The van der Waals surface area contributed by atoms with E-state index < -0.39 is 0 Å². The summed E-state index contributed by atoms with van der Waals surface area (Å²) < 4.78 is 0. The van der Waals surface area contributed by atoms with Crippen molar-refractivity contribution in [2.45, 2.75) is 25.8 Å². The van der Waals surface area contributed by atoms with Crippen molar-refractivity contribution in [3.63, 3.8) is 0 Å². The maximum Gasteiger partial charge on any atom is 0.0740 e. The maximum absolute atomic E-state index is 6.76. The molecule has 0 spiro atoms. The number of nitrogens with zero attached hydrogens (tertiary/aromatic N) is 2. The number of likely N-dealkylation sites (tertiary alicyclic amines) is 1. The highest BCUT2D eigenvalue weighted by Gasteiger charge is 2.17. The van der Waals surface area contributed by atoms with E-state index in [4.69, 9.17) is 11.6 Å². The molecule has 5 nitrogen and oxygen atoms in total. The first-order chi connectivity index (χ1) is 14.3. The van der Waals surface area contributed by atoms with Gasteiger partial charge in [-0.25, -0.2) is 0 Å². The lowest BCUT2D eigenvalue weighted by atomic mass is 10.1. The van der Waals surface area contributed by atoms with Crippen molar-refractivity contribution < 1.29 is 0 Å². The van der Waals surface area contributed by atoms with Gasteiger partial charge in [0, 0.05) is 47.2 Å². The van der Waals surface area contributed by atoms with Gasteiger partial charge < -0.3 is 15.8 Å². The normalized spacial score (nSPS) is 17.4. The molecule has 2 aliphatic rings. The Morgan fingerprint density at radius 2 is 1.86 bits per heavy atom. The molecule has 0 amide bonds. The van der Waals surface area contributed by atoms with E-state index in [2.05, 4.69) is 50.0 Å². The van der Waals surface area contributed by atoms with E-state index in [-0.39, 0.29) is 0 Å². The molecule has 2 aromatic heterocycles. The molecule has 0 unspecified atom stereocenters. The molecule has 4 heterocycles. The number of nitrogens with one attached hydrogen (secondary N) is 3. The predicted octanol–water partition coefficient (Wildman–Crippen LogP) is 4.69. The van der Waals surface area contributed by atoms with Gasteiger partial charge in [0.2, 0.25) is 0 Å². The minimum Gasteiger partial charge on any atom is -0.353 e. The van der Waals surface area contributed by atoms with Crippen molar-refractivity contribution in [2.75, 3.05) is 13.1 Å². The fourth-order valence-corrected chi connectivity index (χ4v) is 4.46. The first kappa shape index (κ1) is 18.3. The number of aromatic amines is 1. The number of fused-ring (bicyclic) bond motifs is 1. The Balaban J connectivity index is 1.45. The number of pyridine rings is 1. The van der Waals surface area contributed by atoms with E-state index in [1.165, 1.54) is 37.9 Å². The first-order valence-corrected chi connectivity index (χ1v) is 10.5. The van der Waals surface area contributed by atoms with Gasteiger partial charge in [-0.05, 0) is 55.8 Å². The van der Waals surface area contributed by atoms with Crippen LogP contribution in [-0.4, -0.2) is 28.0 Å². The number of allylic oxidation sites excluding steroid dienone is 2. The average Bonchev–Trinajstić information content (AvgIpc) is 3.11. The number of aromatic nitrogens is 2. The van der Waals surface area contributed by atoms with E-state index in [1.807, 2.05) is 18.3 Å². The zero-order valence-electron chi connectivity index (χ0n) is 16.2. The van der Waals surface area contributed by atoms with Crippen LogP contribution in [0, 0.1) is 0 Å². The van der Waals surface area contributed by atoms with Gasteiger partial charge in [-0.15, -0.1) is 0 Å². The highest BCUT2D eigenvalue weighted by molar-refractivity contribution is 6.37. The van der Waals surface area contributed by atoms with Crippen LogP contribution >= 0.6 is 11.6 Å². The van der Waals surface area contributed by atoms with Gasteiger partial charge in [0.15, 0.2) is 0 Å². The molecule has 1 aromatic carbocycles. The van der Waals surface area contributed by atoms with Crippen LogP contribution in [-0.2, 0) is 6.54 Å². The van der Waals surface area contributed by atoms with Crippen LogP contribution in [0.25, 0.3) is 22.2 Å². The molecule has 0 bridgehead atoms. The fraction of sp³-hybridized carbons (Fsp3) is 0.261. The summed E-state index contributed by atoms with van der Waals surface area (Å²) in [4.78, 5) is 10.2. The van der Waals surface area contributed by atoms with Crippen molar-refractivity contribution in [1.82, 2.24) is 25.7 Å². The molecule has 0 atom stereocenters. The van der Waals surface area contributed by atoms with Crippen LogP contribution in [0.4, 0.5) is 0 Å². The van der Waals surface area contributed by atoms with Gasteiger partial charge in [-0.2, -0.15) is 0 Å². The molecule has 0 aliphatic carbocycles. The lowest BCUT2D eigenvalue weighted by Gasteiger charge is -2.26. The van der Waals surface area contributed by atoms with Gasteiger partial charge in [0.1, 0.15) is 0 Å². The minimum atomic E-state index is 0.754. The standard InChI is InChI=1S/C23H24ClN5/c24-22-19-5-4-16(15-29-10-2-1-3-11-29)12-21(19)27-23(22)18-13-20(28-26-14-18)17-6-8-25-9-7-17/h4-9,12-14,26-28H,1-3,10-11,15H2. The van der Waals surface area contributed by atoms with Crippen LogP contribution in [0.3, 0.4) is 0 Å². The average molecular weight is 406 g/mol. The van der Waals surface area contributed by atoms with E-state index in [9.17, 15) is 0 Å². The van der Waals surface area contributed by atoms with Gasteiger partial charge in [-0.1, -0.05) is 30.2 Å². The number of halogens is 1. The first-order valence-electron chi connectivity index (χ1n) is 10.1. The third-order valence-electron chi connectivity index (χ3n) is 5.67. The summed E-state index contributed by atoms with van der Waals surface area (Å²) in [5, 5.41) is 1.81. The smallest absolute Gasteiger partial charge is 0.0740 e. The summed E-state index contributed by atoms with van der Waals surface area (Å²) >= 11 is 6.76. The molecule has 0 radical (unpaired) electrons. The summed E-state index contributed by atoms with van der Waals surface area (Å²) in [7, 11) is 0. The molecule has 2 aliphatic heterocycles. The van der Waals surface area contributed by atoms with E-state index in [0.29, 0.717) is 0 Å². The number of hydrogen-bond acceptors (Lipinski definition) is 4. The van der Waals surface area contributed by atoms with Crippen molar-refractivity contribution in [3.05, 3.63) is 76.8 Å². The second-order valence-corrected chi connectivity index (χ2v) is 8.07. The molecule has 3 aromatic rings. The monoisotopic (exact) mass is 405 g/mol. The summed E-state index contributed by atoms with van der Waals surface area (Å²) in [5.41, 5.74) is 12.7. The minimum absolute atomic E-state index is 0.754. The van der Waals surface area contributed by atoms with Gasteiger partial charge in [0.05, 0.1) is 16.4 Å². The quantitative estimate of drug-likeness (QED) is 0.589. The van der Waals surface area contributed by atoms with E-state index in [1.54, 1.807) is 12.4 Å². The Bertz CT molecular complexity index is 1080. The fourth-order valence-electron chi connectivity index (χ4n) is 4.14. The van der Waals surface area contributed by atoms with Crippen molar-refractivity contribution in [1.29, 1.82) is 0 Å². The maximum atomic E-state index is 6.76. The van der Waals surface area contributed by atoms with Crippen molar-refractivity contribution >= 4 is 33.8 Å². The number of piperidine rings is 1. The largest absolute Gasteiger partial charge is 0.353 e. The molecule has 3 N–H and O–H groups in total. The van der Waals surface area contributed by atoms with Crippen LogP contribution in [0.15, 0.2) is 55.0 Å². The van der Waals surface area contributed by atoms with Crippen molar-refractivity contribution in [3.8, 4) is 0 Å². The number of rotatable bonds is 4. The molecule has 6 heteroatoms. The molecule has 1 fully saturated rings. The Hall–Kier alpha value is -2.76. The zero-order chi connectivity index (χ0) is 19.6. The van der Waals surface area contributed by atoms with E-state index >= 15 is 0 Å². The highest BCUT2D eigenvalue weighted by Crippen LogP contribution is 2.34. The molecule has 5 rings (SSSR count). The third kappa shape index (κ3) is 3.76. The number of hydrazine groups is 1. The van der Waals surface area contributed by atoms with Crippen LogP contribution in [0.1, 0.15) is 36.1 Å². The number of benzene rings is 1. The Morgan fingerprint density at radius 1 is 1.03 bits per heavy atom. The molecule has 0 saturated carbocycles. The molecule has 148 valence electrons. The molecular weight excluding hydrogens is 382 g/mol. The van der Waals surface area contributed by atoms with Gasteiger partial charge in [0.25, 0.3) is 0 Å². The predicted molar refractivity (Wildman–Crippen MR) is 119 cm³/mol. The molecule has 29 heavy (non-hydrogen) atoms. The lowest BCUT2D eigenvalue weighted by Crippen LogP contribution is -2.29. The van der Waals surface area contributed by atoms with E-state index in [0.717, 1.165) is 45.0 Å². The second kappa shape index (κ2) is 7.93. The SMILES string of the molecule is Clc1c(C2=CNNC(c3ccncc3)=C2)[nH]c2cc(CN3CCCCC3)ccc12. The molecular formula is C23H24ClN5. The summed E-state index contributed by atoms with van der Waals surface area (Å²) in [5.74, 6) is 0. The van der Waals surface area contributed by atoms with Gasteiger partial charge >= 0.3 is 0 Å². The van der Waals surface area contributed by atoms with Crippen LogP contribution in [0.5, 0.6) is 0 Å².